The van der Waals surface area contributed by atoms with Crippen LogP contribution in [0.5, 0.6) is 0 Å². The molecule has 0 fully saturated rings. The minimum Gasteiger partial charge on any atom is -0.388 e. The van der Waals surface area contributed by atoms with E-state index in [1.807, 2.05) is 25.1 Å². The van der Waals surface area contributed by atoms with Gasteiger partial charge in [-0.15, -0.1) is 0 Å². The molecule has 1 aromatic carbocycles. The number of aliphatic hydroxyl groups excluding tert-OH is 1. The van der Waals surface area contributed by atoms with Gasteiger partial charge in [0.1, 0.15) is 5.82 Å². The Morgan fingerprint density at radius 1 is 1.20 bits per heavy atom. The molecule has 2 aromatic rings. The Balaban J connectivity index is 1.82. The monoisotopic (exact) mass is 274 g/mol. The van der Waals surface area contributed by atoms with Gasteiger partial charge in [0.15, 0.2) is 0 Å². The minimum atomic E-state index is -0.596. The number of rotatable bonds is 6. The molecule has 0 radical (unpaired) electrons. The van der Waals surface area contributed by atoms with Crippen molar-refractivity contribution >= 4 is 0 Å². The first-order valence-corrected chi connectivity index (χ1v) is 6.72. The van der Waals surface area contributed by atoms with Crippen molar-refractivity contribution < 1.29 is 9.50 Å². The molecule has 0 aliphatic heterocycles. The van der Waals surface area contributed by atoms with Crippen molar-refractivity contribution in [1.29, 1.82) is 0 Å². The van der Waals surface area contributed by atoms with E-state index >= 15 is 0 Å². The van der Waals surface area contributed by atoms with E-state index in [0.29, 0.717) is 13.0 Å². The third kappa shape index (κ3) is 4.40. The van der Waals surface area contributed by atoms with E-state index in [1.165, 1.54) is 12.1 Å². The van der Waals surface area contributed by atoms with Crippen LogP contribution in [0.2, 0.25) is 0 Å². The Kier molecular flexibility index (Phi) is 5.21. The lowest BCUT2D eigenvalue weighted by atomic mass is 10.0. The number of halogens is 1. The van der Waals surface area contributed by atoms with Crippen molar-refractivity contribution in [1.82, 2.24) is 10.3 Å². The zero-order valence-electron chi connectivity index (χ0n) is 11.5. The van der Waals surface area contributed by atoms with Gasteiger partial charge in [-0.1, -0.05) is 18.2 Å². The highest BCUT2D eigenvalue weighted by Crippen LogP contribution is 2.18. The second-order valence-corrected chi connectivity index (χ2v) is 4.91. The normalized spacial score (nSPS) is 13.9. The molecule has 0 saturated carbocycles. The zero-order chi connectivity index (χ0) is 14.4. The van der Waals surface area contributed by atoms with Crippen LogP contribution in [-0.2, 0) is 6.54 Å². The van der Waals surface area contributed by atoms with Gasteiger partial charge in [0.25, 0.3) is 0 Å². The first-order valence-electron chi connectivity index (χ1n) is 6.72. The van der Waals surface area contributed by atoms with Crippen LogP contribution in [0.3, 0.4) is 0 Å². The topological polar surface area (TPSA) is 45.1 Å². The van der Waals surface area contributed by atoms with Crippen LogP contribution in [0.1, 0.15) is 30.7 Å². The summed E-state index contributed by atoms with van der Waals surface area (Å²) in [5.74, 6) is -0.290. The number of hydrogen-bond donors (Lipinski definition) is 2. The van der Waals surface area contributed by atoms with E-state index < -0.39 is 6.10 Å². The van der Waals surface area contributed by atoms with Gasteiger partial charge >= 0.3 is 0 Å². The fraction of sp³-hybridized carbons (Fsp3) is 0.312. The maximum absolute atomic E-state index is 12.8. The smallest absolute Gasteiger partial charge is 0.123 e. The van der Waals surface area contributed by atoms with Crippen molar-refractivity contribution in [3.8, 4) is 0 Å². The second-order valence-electron chi connectivity index (χ2n) is 4.91. The molecule has 20 heavy (non-hydrogen) atoms. The van der Waals surface area contributed by atoms with Crippen LogP contribution in [0.4, 0.5) is 4.39 Å². The SMILES string of the molecule is C[C@@H](C[C@@H](O)c1ccc(F)cc1)NCc1ccccn1. The van der Waals surface area contributed by atoms with Gasteiger partial charge in [-0.25, -0.2) is 4.39 Å². The molecule has 0 saturated heterocycles. The average molecular weight is 274 g/mol. The van der Waals surface area contributed by atoms with Gasteiger partial charge in [-0.2, -0.15) is 0 Å². The maximum atomic E-state index is 12.8. The number of aliphatic hydroxyl groups is 1. The predicted molar refractivity (Wildman–Crippen MR) is 76.5 cm³/mol. The van der Waals surface area contributed by atoms with Crippen molar-refractivity contribution in [3.63, 3.8) is 0 Å². The summed E-state index contributed by atoms with van der Waals surface area (Å²) >= 11 is 0. The third-order valence-electron chi connectivity index (χ3n) is 3.19. The molecule has 0 unspecified atom stereocenters. The number of nitrogens with zero attached hydrogens (tertiary/aromatic N) is 1. The van der Waals surface area contributed by atoms with Crippen LogP contribution in [0.25, 0.3) is 0 Å². The highest BCUT2D eigenvalue weighted by Gasteiger charge is 2.12. The largest absolute Gasteiger partial charge is 0.388 e. The molecule has 2 N–H and O–H groups in total. The number of pyridine rings is 1. The lowest BCUT2D eigenvalue weighted by molar-refractivity contribution is 0.153. The number of hydrogen-bond acceptors (Lipinski definition) is 3. The Labute approximate surface area is 118 Å². The summed E-state index contributed by atoms with van der Waals surface area (Å²) < 4.78 is 12.8. The average Bonchev–Trinajstić information content (AvgIpc) is 2.47. The molecular weight excluding hydrogens is 255 g/mol. The van der Waals surface area contributed by atoms with Gasteiger partial charge in [0.05, 0.1) is 11.8 Å². The van der Waals surface area contributed by atoms with Crippen molar-refractivity contribution in [3.05, 3.63) is 65.7 Å². The van der Waals surface area contributed by atoms with Crippen LogP contribution >= 0.6 is 0 Å². The van der Waals surface area contributed by atoms with E-state index in [0.717, 1.165) is 11.3 Å². The summed E-state index contributed by atoms with van der Waals surface area (Å²) in [4.78, 5) is 4.23. The van der Waals surface area contributed by atoms with E-state index in [-0.39, 0.29) is 11.9 Å². The molecule has 0 amide bonds. The van der Waals surface area contributed by atoms with Crippen LogP contribution < -0.4 is 5.32 Å². The molecular formula is C16H19FN2O. The van der Waals surface area contributed by atoms with Crippen molar-refractivity contribution in [2.24, 2.45) is 0 Å². The molecule has 0 aliphatic rings. The van der Waals surface area contributed by atoms with Crippen LogP contribution in [0, 0.1) is 5.82 Å². The summed E-state index contributed by atoms with van der Waals surface area (Å²) in [5.41, 5.74) is 1.70. The Morgan fingerprint density at radius 3 is 2.60 bits per heavy atom. The first kappa shape index (κ1) is 14.6. The highest BCUT2D eigenvalue weighted by atomic mass is 19.1. The summed E-state index contributed by atoms with van der Waals surface area (Å²) in [7, 11) is 0. The molecule has 106 valence electrons. The van der Waals surface area contributed by atoms with E-state index in [1.54, 1.807) is 18.3 Å². The lowest BCUT2D eigenvalue weighted by Crippen LogP contribution is -2.27. The molecule has 3 nitrogen and oxygen atoms in total. The van der Waals surface area contributed by atoms with Gasteiger partial charge < -0.3 is 10.4 Å². The van der Waals surface area contributed by atoms with E-state index in [9.17, 15) is 9.50 Å². The van der Waals surface area contributed by atoms with Crippen LogP contribution in [0.15, 0.2) is 48.7 Å². The quantitative estimate of drug-likeness (QED) is 0.851. The molecule has 2 atom stereocenters. The molecule has 2 rings (SSSR count). The van der Waals surface area contributed by atoms with Crippen molar-refractivity contribution in [2.75, 3.05) is 0 Å². The molecule has 0 spiro atoms. The number of aromatic nitrogens is 1. The Morgan fingerprint density at radius 2 is 1.95 bits per heavy atom. The molecule has 1 aromatic heterocycles. The number of benzene rings is 1. The predicted octanol–water partition coefficient (Wildman–Crippen LogP) is 2.82. The molecule has 0 aliphatic carbocycles. The fourth-order valence-corrected chi connectivity index (χ4v) is 2.02. The van der Waals surface area contributed by atoms with Gasteiger partial charge in [-0.3, -0.25) is 4.98 Å². The standard InChI is InChI=1S/C16H19FN2O/c1-12(19-11-15-4-2-3-9-18-15)10-16(20)13-5-7-14(17)8-6-13/h2-9,12,16,19-20H,10-11H2,1H3/t12-,16+/m0/s1. The van der Waals surface area contributed by atoms with Crippen LogP contribution in [-0.4, -0.2) is 16.1 Å². The van der Waals surface area contributed by atoms with E-state index in [4.69, 9.17) is 0 Å². The summed E-state index contributed by atoms with van der Waals surface area (Å²) in [5, 5.41) is 13.4. The maximum Gasteiger partial charge on any atom is 0.123 e. The third-order valence-corrected chi connectivity index (χ3v) is 3.19. The minimum absolute atomic E-state index is 0.136. The van der Waals surface area contributed by atoms with Crippen molar-refractivity contribution in [2.45, 2.75) is 32.0 Å². The second kappa shape index (κ2) is 7.12. The van der Waals surface area contributed by atoms with E-state index in [2.05, 4.69) is 10.3 Å². The first-order chi connectivity index (χ1) is 9.65. The van der Waals surface area contributed by atoms with Gasteiger partial charge in [-0.05, 0) is 43.2 Å². The Bertz CT molecular complexity index is 516. The summed E-state index contributed by atoms with van der Waals surface area (Å²) in [6.45, 7) is 2.67. The summed E-state index contributed by atoms with van der Waals surface area (Å²) in [6.07, 6.45) is 1.73. The molecule has 4 heteroatoms. The Hall–Kier alpha value is -1.78. The van der Waals surface area contributed by atoms with Gasteiger partial charge in [0.2, 0.25) is 0 Å². The lowest BCUT2D eigenvalue weighted by Gasteiger charge is -2.18. The number of nitrogens with one attached hydrogen (secondary N) is 1. The molecule has 1 heterocycles. The van der Waals surface area contributed by atoms with Gasteiger partial charge in [0, 0.05) is 18.8 Å². The highest BCUT2D eigenvalue weighted by molar-refractivity contribution is 5.18. The fourth-order valence-electron chi connectivity index (χ4n) is 2.02. The zero-order valence-corrected chi connectivity index (χ0v) is 11.5. The molecule has 0 bridgehead atoms. The summed E-state index contributed by atoms with van der Waals surface area (Å²) in [6, 6.07) is 11.9.